The quantitative estimate of drug-likeness (QED) is 0.927. The molecule has 2 aromatic rings. The van der Waals surface area contributed by atoms with Crippen LogP contribution in [0.1, 0.15) is 12.0 Å². The lowest BCUT2D eigenvalue weighted by Crippen LogP contribution is -2.33. The first-order valence-corrected chi connectivity index (χ1v) is 8.59. The van der Waals surface area contributed by atoms with Gasteiger partial charge in [-0.25, -0.2) is 8.42 Å². The fraction of sp³-hybridized carbons (Fsp3) is 0.286. The first-order chi connectivity index (χ1) is 9.45. The van der Waals surface area contributed by atoms with Gasteiger partial charge in [0.25, 0.3) is 0 Å². The number of sulfonamides is 1. The van der Waals surface area contributed by atoms with E-state index in [4.69, 9.17) is 11.6 Å². The predicted octanol–water partition coefficient (Wildman–Crippen LogP) is 2.87. The summed E-state index contributed by atoms with van der Waals surface area (Å²) in [5.41, 5.74) is 3.31. The van der Waals surface area contributed by atoms with Crippen LogP contribution in [0.15, 0.2) is 30.5 Å². The van der Waals surface area contributed by atoms with Crippen molar-refractivity contribution < 1.29 is 8.42 Å². The minimum atomic E-state index is -3.11. The Morgan fingerprint density at radius 1 is 1.35 bits per heavy atom. The second kappa shape index (κ2) is 4.91. The molecule has 1 aromatic carbocycles. The number of rotatable bonds is 2. The topological polar surface area (TPSA) is 53.2 Å². The number of fused-ring (bicyclic) bond motifs is 1. The van der Waals surface area contributed by atoms with E-state index in [1.807, 2.05) is 30.5 Å². The standard InChI is InChI=1S/C14H15ClN2O2S/c1-20(18,19)17-6-4-10(5-7-17)13-9-16-14-3-2-11(15)8-12(13)14/h2-4,8-9,16H,5-7H2,1H3. The normalized spacial score (nSPS) is 17.4. The van der Waals surface area contributed by atoms with Gasteiger partial charge in [-0.05, 0) is 30.2 Å². The third-order valence-corrected chi connectivity index (χ3v) is 5.14. The summed E-state index contributed by atoms with van der Waals surface area (Å²) in [4.78, 5) is 3.22. The van der Waals surface area contributed by atoms with Gasteiger partial charge in [0, 0.05) is 40.8 Å². The van der Waals surface area contributed by atoms with Crippen LogP contribution in [0, 0.1) is 0 Å². The van der Waals surface area contributed by atoms with Crippen molar-refractivity contribution in [3.8, 4) is 0 Å². The van der Waals surface area contributed by atoms with Gasteiger partial charge in [0.05, 0.1) is 6.26 Å². The molecule has 1 aromatic heterocycles. The molecule has 0 atom stereocenters. The van der Waals surface area contributed by atoms with E-state index < -0.39 is 10.0 Å². The van der Waals surface area contributed by atoms with Crippen LogP contribution in [0.5, 0.6) is 0 Å². The van der Waals surface area contributed by atoms with Crippen molar-refractivity contribution in [1.82, 2.24) is 9.29 Å². The van der Waals surface area contributed by atoms with Crippen molar-refractivity contribution in [2.24, 2.45) is 0 Å². The molecule has 0 aliphatic carbocycles. The van der Waals surface area contributed by atoms with Gasteiger partial charge in [0.1, 0.15) is 0 Å². The maximum absolute atomic E-state index is 11.5. The van der Waals surface area contributed by atoms with Crippen molar-refractivity contribution in [2.45, 2.75) is 6.42 Å². The molecule has 3 rings (SSSR count). The van der Waals surface area contributed by atoms with E-state index in [2.05, 4.69) is 4.98 Å². The minimum Gasteiger partial charge on any atom is -0.361 e. The highest BCUT2D eigenvalue weighted by Gasteiger charge is 2.21. The van der Waals surface area contributed by atoms with Crippen LogP contribution >= 0.6 is 11.6 Å². The molecule has 1 aliphatic rings. The fourth-order valence-corrected chi connectivity index (χ4v) is 3.50. The van der Waals surface area contributed by atoms with Crippen molar-refractivity contribution in [3.63, 3.8) is 0 Å². The molecule has 1 N–H and O–H groups in total. The average molecular weight is 311 g/mol. The number of hydrogen-bond donors (Lipinski definition) is 1. The predicted molar refractivity (Wildman–Crippen MR) is 82.3 cm³/mol. The molecule has 0 amide bonds. The molecule has 0 radical (unpaired) electrons. The number of aromatic nitrogens is 1. The van der Waals surface area contributed by atoms with Gasteiger partial charge in [-0.3, -0.25) is 0 Å². The van der Waals surface area contributed by atoms with E-state index in [-0.39, 0.29) is 0 Å². The molecule has 106 valence electrons. The molecular formula is C14H15ClN2O2S. The Morgan fingerprint density at radius 3 is 2.80 bits per heavy atom. The third kappa shape index (κ3) is 2.49. The Hall–Kier alpha value is -1.30. The largest absolute Gasteiger partial charge is 0.361 e. The highest BCUT2D eigenvalue weighted by atomic mass is 35.5. The number of H-pyrrole nitrogens is 1. The Labute approximate surface area is 123 Å². The molecule has 2 heterocycles. The Kier molecular flexibility index (Phi) is 3.36. The fourth-order valence-electron chi connectivity index (χ4n) is 2.55. The summed E-state index contributed by atoms with van der Waals surface area (Å²) in [7, 11) is -3.11. The van der Waals surface area contributed by atoms with E-state index >= 15 is 0 Å². The lowest BCUT2D eigenvalue weighted by atomic mass is 10.00. The lowest BCUT2D eigenvalue weighted by molar-refractivity contribution is 0.446. The van der Waals surface area contributed by atoms with Crippen molar-refractivity contribution >= 4 is 38.1 Å². The number of hydrogen-bond acceptors (Lipinski definition) is 2. The molecule has 4 nitrogen and oxygen atoms in total. The van der Waals surface area contributed by atoms with Crippen LogP contribution in [0.4, 0.5) is 0 Å². The Bertz CT molecular complexity index is 793. The molecular weight excluding hydrogens is 296 g/mol. The smallest absolute Gasteiger partial charge is 0.211 e. The number of nitrogens with one attached hydrogen (secondary N) is 1. The first-order valence-electron chi connectivity index (χ1n) is 6.36. The lowest BCUT2D eigenvalue weighted by Gasteiger charge is -2.24. The van der Waals surface area contributed by atoms with Gasteiger partial charge in [-0.2, -0.15) is 4.31 Å². The zero-order chi connectivity index (χ0) is 14.3. The van der Waals surface area contributed by atoms with Gasteiger partial charge in [0.2, 0.25) is 10.0 Å². The van der Waals surface area contributed by atoms with Crippen LogP contribution in [-0.4, -0.2) is 37.1 Å². The molecule has 0 unspecified atom stereocenters. The summed E-state index contributed by atoms with van der Waals surface area (Å²) < 4.78 is 24.5. The number of benzene rings is 1. The summed E-state index contributed by atoms with van der Waals surface area (Å²) in [5.74, 6) is 0. The SMILES string of the molecule is CS(=O)(=O)N1CC=C(c2c[nH]c3ccc(Cl)cc23)CC1. The third-order valence-electron chi connectivity index (χ3n) is 3.63. The molecule has 20 heavy (non-hydrogen) atoms. The highest BCUT2D eigenvalue weighted by molar-refractivity contribution is 7.88. The van der Waals surface area contributed by atoms with E-state index in [0.29, 0.717) is 24.5 Å². The molecule has 6 heteroatoms. The summed E-state index contributed by atoms with van der Waals surface area (Å²) in [5, 5.41) is 1.78. The average Bonchev–Trinajstić information content (AvgIpc) is 2.81. The van der Waals surface area contributed by atoms with E-state index in [1.54, 1.807) is 0 Å². The van der Waals surface area contributed by atoms with Crippen molar-refractivity contribution in [2.75, 3.05) is 19.3 Å². The maximum atomic E-state index is 11.5. The van der Waals surface area contributed by atoms with Gasteiger partial charge in [-0.15, -0.1) is 0 Å². The molecule has 0 spiro atoms. The van der Waals surface area contributed by atoms with Gasteiger partial charge >= 0.3 is 0 Å². The summed E-state index contributed by atoms with van der Waals surface area (Å²) >= 11 is 6.05. The molecule has 0 bridgehead atoms. The molecule has 0 saturated carbocycles. The summed E-state index contributed by atoms with van der Waals surface area (Å²) in [6.07, 6.45) is 5.90. The van der Waals surface area contributed by atoms with E-state index in [0.717, 1.165) is 16.5 Å². The van der Waals surface area contributed by atoms with Crippen LogP contribution < -0.4 is 0 Å². The highest BCUT2D eigenvalue weighted by Crippen LogP contribution is 2.31. The first kappa shape index (κ1) is 13.7. The second-order valence-electron chi connectivity index (χ2n) is 4.99. The number of aromatic amines is 1. The Morgan fingerprint density at radius 2 is 2.15 bits per heavy atom. The van der Waals surface area contributed by atoms with Crippen LogP contribution in [-0.2, 0) is 10.0 Å². The number of nitrogens with zero attached hydrogens (tertiary/aromatic N) is 1. The minimum absolute atomic E-state index is 0.432. The summed E-state index contributed by atoms with van der Waals surface area (Å²) in [6.45, 7) is 0.958. The van der Waals surface area contributed by atoms with Crippen LogP contribution in [0.3, 0.4) is 0 Å². The molecule has 1 aliphatic heterocycles. The van der Waals surface area contributed by atoms with Crippen molar-refractivity contribution in [1.29, 1.82) is 0 Å². The van der Waals surface area contributed by atoms with Crippen LogP contribution in [0.25, 0.3) is 16.5 Å². The monoisotopic (exact) mass is 310 g/mol. The second-order valence-corrected chi connectivity index (χ2v) is 7.41. The van der Waals surface area contributed by atoms with Gasteiger partial charge in [-0.1, -0.05) is 17.7 Å². The van der Waals surface area contributed by atoms with Gasteiger partial charge < -0.3 is 4.98 Å². The molecule has 0 fully saturated rings. The van der Waals surface area contributed by atoms with E-state index in [9.17, 15) is 8.42 Å². The Balaban J connectivity index is 1.97. The zero-order valence-electron chi connectivity index (χ0n) is 11.1. The van der Waals surface area contributed by atoms with Crippen LogP contribution in [0.2, 0.25) is 5.02 Å². The van der Waals surface area contributed by atoms with E-state index in [1.165, 1.54) is 16.1 Å². The summed E-state index contributed by atoms with van der Waals surface area (Å²) in [6, 6.07) is 5.74. The van der Waals surface area contributed by atoms with Gasteiger partial charge in [0.15, 0.2) is 0 Å². The maximum Gasteiger partial charge on any atom is 0.211 e. The van der Waals surface area contributed by atoms with Crippen molar-refractivity contribution in [3.05, 3.63) is 41.1 Å². The zero-order valence-corrected chi connectivity index (χ0v) is 12.6. The molecule has 0 saturated heterocycles. The number of halogens is 1.